The van der Waals surface area contributed by atoms with E-state index in [2.05, 4.69) is 71.1 Å². The van der Waals surface area contributed by atoms with Crippen molar-refractivity contribution in [3.8, 4) is 11.3 Å². The maximum Gasteiger partial charge on any atom is 0.231 e. The lowest BCUT2D eigenvalue weighted by atomic mass is 9.99. The number of fused-ring (bicyclic) bond motifs is 3. The Bertz CT molecular complexity index is 1050. The molecule has 23 heavy (non-hydrogen) atoms. The maximum absolute atomic E-state index is 4.62. The van der Waals surface area contributed by atoms with Crippen LogP contribution in [0.2, 0.25) is 0 Å². The zero-order chi connectivity index (χ0) is 16.0. The topological polar surface area (TPSA) is 29.7 Å². The van der Waals surface area contributed by atoms with E-state index in [1.54, 1.807) is 0 Å². The SMILES string of the molecule is Cc1c[n+](C)c(-c2cc3c(cc2C)ncc2ccccc23)cn1. The van der Waals surface area contributed by atoms with E-state index in [4.69, 9.17) is 0 Å². The Morgan fingerprint density at radius 1 is 0.913 bits per heavy atom. The largest absolute Gasteiger partial charge is 0.256 e. The van der Waals surface area contributed by atoms with E-state index in [9.17, 15) is 0 Å². The zero-order valence-electron chi connectivity index (χ0n) is 13.5. The summed E-state index contributed by atoms with van der Waals surface area (Å²) < 4.78 is 2.13. The summed E-state index contributed by atoms with van der Waals surface area (Å²) in [5, 5.41) is 3.59. The van der Waals surface area contributed by atoms with E-state index in [-0.39, 0.29) is 0 Å². The van der Waals surface area contributed by atoms with Gasteiger partial charge in [-0.05, 0) is 36.9 Å². The van der Waals surface area contributed by atoms with Crippen molar-refractivity contribution in [2.24, 2.45) is 7.05 Å². The van der Waals surface area contributed by atoms with Crippen molar-refractivity contribution in [2.45, 2.75) is 13.8 Å². The fourth-order valence-corrected chi connectivity index (χ4v) is 3.18. The molecule has 112 valence electrons. The lowest BCUT2D eigenvalue weighted by Gasteiger charge is -2.09. The summed E-state index contributed by atoms with van der Waals surface area (Å²) >= 11 is 0. The molecule has 0 amide bonds. The first-order chi connectivity index (χ1) is 11.1. The molecule has 3 heteroatoms. The summed E-state index contributed by atoms with van der Waals surface area (Å²) in [6, 6.07) is 12.8. The monoisotopic (exact) mass is 300 g/mol. The van der Waals surface area contributed by atoms with Crippen LogP contribution in [0.4, 0.5) is 0 Å². The number of hydrogen-bond acceptors (Lipinski definition) is 2. The van der Waals surface area contributed by atoms with Crippen molar-refractivity contribution < 1.29 is 4.57 Å². The molecule has 4 rings (SSSR count). The van der Waals surface area contributed by atoms with Crippen molar-refractivity contribution in [2.75, 3.05) is 0 Å². The molecule has 0 unspecified atom stereocenters. The minimum absolute atomic E-state index is 1.02. The number of aromatic nitrogens is 3. The Kier molecular flexibility index (Phi) is 3.08. The van der Waals surface area contributed by atoms with Gasteiger partial charge < -0.3 is 0 Å². The molecule has 0 spiro atoms. The summed E-state index contributed by atoms with van der Waals surface area (Å²) in [6.45, 7) is 4.14. The molecule has 2 aromatic carbocycles. The Balaban J connectivity index is 2.07. The summed E-state index contributed by atoms with van der Waals surface area (Å²) in [7, 11) is 2.06. The Hall–Kier alpha value is -2.81. The van der Waals surface area contributed by atoms with Crippen LogP contribution in [-0.4, -0.2) is 9.97 Å². The van der Waals surface area contributed by atoms with Crippen LogP contribution >= 0.6 is 0 Å². The zero-order valence-corrected chi connectivity index (χ0v) is 13.5. The summed E-state index contributed by atoms with van der Waals surface area (Å²) in [5.74, 6) is 0. The first kappa shape index (κ1) is 13.8. The van der Waals surface area contributed by atoms with Gasteiger partial charge in [0, 0.05) is 17.0 Å². The second kappa shape index (κ2) is 5.13. The predicted molar refractivity (Wildman–Crippen MR) is 93.1 cm³/mol. The van der Waals surface area contributed by atoms with Crippen molar-refractivity contribution in [1.82, 2.24) is 9.97 Å². The Morgan fingerprint density at radius 3 is 2.57 bits per heavy atom. The highest BCUT2D eigenvalue weighted by molar-refractivity contribution is 6.06. The van der Waals surface area contributed by atoms with Gasteiger partial charge in [-0.2, -0.15) is 4.57 Å². The lowest BCUT2D eigenvalue weighted by molar-refractivity contribution is -0.661. The third kappa shape index (κ3) is 2.25. The van der Waals surface area contributed by atoms with Crippen LogP contribution in [0.15, 0.2) is 55.0 Å². The van der Waals surface area contributed by atoms with Crippen LogP contribution in [0, 0.1) is 13.8 Å². The number of nitrogens with zero attached hydrogens (tertiary/aromatic N) is 3. The molecule has 0 N–H and O–H groups in total. The molecule has 0 aliphatic rings. The molecular formula is C20H18N3+. The molecule has 2 aromatic heterocycles. The minimum atomic E-state index is 1.02. The quantitative estimate of drug-likeness (QED) is 0.394. The first-order valence-corrected chi connectivity index (χ1v) is 7.74. The number of hydrogen-bond donors (Lipinski definition) is 0. The molecule has 0 radical (unpaired) electrons. The highest BCUT2D eigenvalue weighted by Crippen LogP contribution is 2.29. The molecule has 0 atom stereocenters. The minimum Gasteiger partial charge on any atom is -0.256 e. The molecule has 3 nitrogen and oxygen atoms in total. The van der Waals surface area contributed by atoms with Crippen LogP contribution in [0.5, 0.6) is 0 Å². The fraction of sp³-hybridized carbons (Fsp3) is 0.150. The third-order valence-corrected chi connectivity index (χ3v) is 4.36. The van der Waals surface area contributed by atoms with Crippen LogP contribution in [0.25, 0.3) is 32.9 Å². The number of rotatable bonds is 1. The van der Waals surface area contributed by atoms with E-state index in [0.717, 1.165) is 16.9 Å². The normalized spacial score (nSPS) is 11.3. The first-order valence-electron chi connectivity index (χ1n) is 7.74. The van der Waals surface area contributed by atoms with Crippen molar-refractivity contribution in [3.05, 3.63) is 66.2 Å². The molecule has 4 aromatic rings. The average Bonchev–Trinajstić information content (AvgIpc) is 2.54. The number of aryl methyl sites for hydroxylation is 3. The molecule has 2 heterocycles. The van der Waals surface area contributed by atoms with Crippen LogP contribution in [-0.2, 0) is 7.05 Å². The molecule has 0 saturated carbocycles. The highest BCUT2D eigenvalue weighted by Gasteiger charge is 2.15. The predicted octanol–water partition coefficient (Wildman–Crippen LogP) is 3.89. The van der Waals surface area contributed by atoms with Gasteiger partial charge in [0.2, 0.25) is 5.69 Å². The average molecular weight is 300 g/mol. The van der Waals surface area contributed by atoms with Gasteiger partial charge in [0.05, 0.1) is 17.3 Å². The molecule has 0 aliphatic carbocycles. The van der Waals surface area contributed by atoms with Crippen molar-refractivity contribution in [3.63, 3.8) is 0 Å². The molecule has 0 bridgehead atoms. The van der Waals surface area contributed by atoms with E-state index in [1.807, 2.05) is 19.3 Å². The van der Waals surface area contributed by atoms with Crippen LogP contribution < -0.4 is 4.57 Å². The van der Waals surface area contributed by atoms with Gasteiger partial charge in [-0.3, -0.25) is 4.98 Å². The second-order valence-corrected chi connectivity index (χ2v) is 6.05. The van der Waals surface area contributed by atoms with Gasteiger partial charge in [0.15, 0.2) is 6.20 Å². The van der Waals surface area contributed by atoms with Gasteiger partial charge in [-0.25, -0.2) is 4.98 Å². The standard InChI is InChI=1S/C20H18N3/c1-13-8-19-18(16-7-5-4-6-15(16)10-22-19)9-17(13)20-11-21-14(2)12-23(20)3/h4-12H,1-3H3/q+1. The van der Waals surface area contributed by atoms with Gasteiger partial charge in [0.1, 0.15) is 12.7 Å². The van der Waals surface area contributed by atoms with Crippen LogP contribution in [0.1, 0.15) is 11.3 Å². The van der Waals surface area contributed by atoms with E-state index in [1.165, 1.54) is 27.3 Å². The van der Waals surface area contributed by atoms with Crippen molar-refractivity contribution >= 4 is 21.7 Å². The highest BCUT2D eigenvalue weighted by atomic mass is 15.0. The lowest BCUT2D eigenvalue weighted by Crippen LogP contribution is -2.31. The molecule has 0 fully saturated rings. The Morgan fingerprint density at radius 2 is 1.74 bits per heavy atom. The van der Waals surface area contributed by atoms with Gasteiger partial charge in [0.25, 0.3) is 0 Å². The van der Waals surface area contributed by atoms with Gasteiger partial charge in [-0.1, -0.05) is 24.3 Å². The molecular weight excluding hydrogens is 282 g/mol. The Labute approximate surface area is 135 Å². The number of benzene rings is 2. The molecule has 0 saturated heterocycles. The van der Waals surface area contributed by atoms with E-state index in [0.29, 0.717) is 0 Å². The van der Waals surface area contributed by atoms with Gasteiger partial charge >= 0.3 is 0 Å². The van der Waals surface area contributed by atoms with E-state index >= 15 is 0 Å². The maximum atomic E-state index is 4.62. The molecule has 0 aliphatic heterocycles. The second-order valence-electron chi connectivity index (χ2n) is 6.05. The smallest absolute Gasteiger partial charge is 0.231 e. The number of pyridine rings is 1. The van der Waals surface area contributed by atoms with Gasteiger partial charge in [-0.15, -0.1) is 0 Å². The summed E-state index contributed by atoms with van der Waals surface area (Å²) in [5.41, 5.74) is 5.57. The van der Waals surface area contributed by atoms with Crippen molar-refractivity contribution in [1.29, 1.82) is 0 Å². The third-order valence-electron chi connectivity index (χ3n) is 4.36. The van der Waals surface area contributed by atoms with E-state index < -0.39 is 0 Å². The fourth-order valence-electron chi connectivity index (χ4n) is 3.18. The summed E-state index contributed by atoms with van der Waals surface area (Å²) in [4.78, 5) is 9.08. The van der Waals surface area contributed by atoms with Crippen LogP contribution in [0.3, 0.4) is 0 Å². The summed E-state index contributed by atoms with van der Waals surface area (Å²) in [6.07, 6.45) is 5.95.